The molecule has 0 spiro atoms. The van der Waals surface area contributed by atoms with Crippen LogP contribution in [0.5, 0.6) is 0 Å². The minimum Gasteiger partial charge on any atom is -0.368 e. The van der Waals surface area contributed by atoms with Crippen molar-refractivity contribution in [2.24, 2.45) is 7.05 Å². The predicted molar refractivity (Wildman–Crippen MR) is 114 cm³/mol. The Labute approximate surface area is 160 Å². The summed E-state index contributed by atoms with van der Waals surface area (Å²) in [5.41, 5.74) is 6.34. The van der Waals surface area contributed by atoms with E-state index in [1.165, 1.54) is 11.1 Å². The summed E-state index contributed by atoms with van der Waals surface area (Å²) in [6.45, 7) is 8.12. The third-order valence-electron chi connectivity index (χ3n) is 5.62. The van der Waals surface area contributed by atoms with Gasteiger partial charge in [-0.3, -0.25) is 4.79 Å². The molecule has 0 saturated carbocycles. The molecular weight excluding hydrogens is 334 g/mol. The molecular formula is C23H27N3O. The molecule has 4 heteroatoms. The van der Waals surface area contributed by atoms with Gasteiger partial charge in [0.2, 0.25) is 0 Å². The van der Waals surface area contributed by atoms with E-state index in [0.717, 1.165) is 53.9 Å². The standard InChI is InChI=1S/C23H27N3O/c1-16-5-7-18(8-6-16)19-15-25(4)20-13-17(2)14-21(22(20)23(19)27)26-11-9-24(3)10-12-26/h5-8,13-15H,9-12H2,1-4H3. The Morgan fingerprint density at radius 1 is 0.852 bits per heavy atom. The van der Waals surface area contributed by atoms with E-state index < -0.39 is 0 Å². The molecule has 4 nitrogen and oxygen atoms in total. The van der Waals surface area contributed by atoms with E-state index in [9.17, 15) is 4.79 Å². The number of aromatic nitrogens is 1. The number of benzene rings is 2. The number of hydrogen-bond acceptors (Lipinski definition) is 3. The summed E-state index contributed by atoms with van der Waals surface area (Å²) in [5.74, 6) is 0. The molecule has 0 unspecified atom stereocenters. The molecule has 1 fully saturated rings. The lowest BCUT2D eigenvalue weighted by molar-refractivity contribution is 0.313. The van der Waals surface area contributed by atoms with E-state index in [4.69, 9.17) is 0 Å². The van der Waals surface area contributed by atoms with Crippen molar-refractivity contribution in [3.05, 3.63) is 63.9 Å². The maximum absolute atomic E-state index is 13.6. The number of fused-ring (bicyclic) bond motifs is 1. The van der Waals surface area contributed by atoms with Gasteiger partial charge in [-0.1, -0.05) is 29.8 Å². The first-order valence-electron chi connectivity index (χ1n) is 9.58. The molecule has 27 heavy (non-hydrogen) atoms. The lowest BCUT2D eigenvalue weighted by Crippen LogP contribution is -2.44. The molecule has 1 aliphatic heterocycles. The van der Waals surface area contributed by atoms with Gasteiger partial charge < -0.3 is 14.4 Å². The second-order valence-electron chi connectivity index (χ2n) is 7.82. The van der Waals surface area contributed by atoms with E-state index in [-0.39, 0.29) is 5.43 Å². The summed E-state index contributed by atoms with van der Waals surface area (Å²) >= 11 is 0. The highest BCUT2D eigenvalue weighted by Gasteiger charge is 2.20. The van der Waals surface area contributed by atoms with Crippen molar-refractivity contribution in [3.63, 3.8) is 0 Å². The number of piperazine rings is 1. The number of hydrogen-bond donors (Lipinski definition) is 0. The third kappa shape index (κ3) is 3.26. The largest absolute Gasteiger partial charge is 0.368 e. The van der Waals surface area contributed by atoms with E-state index >= 15 is 0 Å². The van der Waals surface area contributed by atoms with Crippen molar-refractivity contribution in [3.8, 4) is 11.1 Å². The highest BCUT2D eigenvalue weighted by atomic mass is 16.1. The van der Waals surface area contributed by atoms with Crippen LogP contribution >= 0.6 is 0 Å². The van der Waals surface area contributed by atoms with E-state index in [1.807, 2.05) is 25.4 Å². The molecule has 0 bridgehead atoms. The monoisotopic (exact) mass is 361 g/mol. The molecule has 2 aromatic carbocycles. The molecule has 0 aliphatic carbocycles. The van der Waals surface area contributed by atoms with Crippen LogP contribution in [0.1, 0.15) is 11.1 Å². The Balaban J connectivity index is 1.95. The maximum Gasteiger partial charge on any atom is 0.199 e. The molecule has 1 saturated heterocycles. The molecule has 4 rings (SSSR count). The zero-order valence-electron chi connectivity index (χ0n) is 16.6. The Kier molecular flexibility index (Phi) is 4.52. The zero-order chi connectivity index (χ0) is 19.1. The first-order valence-corrected chi connectivity index (χ1v) is 9.58. The van der Waals surface area contributed by atoms with Crippen LogP contribution in [0, 0.1) is 13.8 Å². The summed E-state index contributed by atoms with van der Waals surface area (Å²) in [5, 5.41) is 0.839. The van der Waals surface area contributed by atoms with Crippen molar-refractivity contribution in [1.29, 1.82) is 0 Å². The van der Waals surface area contributed by atoms with Crippen molar-refractivity contribution in [2.45, 2.75) is 13.8 Å². The first kappa shape index (κ1) is 17.8. The van der Waals surface area contributed by atoms with Crippen LogP contribution in [-0.2, 0) is 7.05 Å². The van der Waals surface area contributed by atoms with E-state index in [1.54, 1.807) is 0 Å². The van der Waals surface area contributed by atoms with Gasteiger partial charge in [-0.25, -0.2) is 0 Å². The minimum absolute atomic E-state index is 0.126. The quantitative estimate of drug-likeness (QED) is 0.699. The molecule has 1 aromatic heterocycles. The maximum atomic E-state index is 13.6. The number of pyridine rings is 1. The smallest absolute Gasteiger partial charge is 0.199 e. The van der Waals surface area contributed by atoms with Crippen LogP contribution in [-0.4, -0.2) is 42.7 Å². The summed E-state index contributed by atoms with van der Waals surface area (Å²) in [6.07, 6.45) is 1.97. The number of likely N-dealkylation sites (N-methyl/N-ethyl adjacent to an activating group) is 1. The number of rotatable bonds is 2. The minimum atomic E-state index is 0.126. The molecule has 140 valence electrons. The van der Waals surface area contributed by atoms with Gasteiger partial charge in [0, 0.05) is 45.0 Å². The zero-order valence-corrected chi connectivity index (χ0v) is 16.6. The van der Waals surface area contributed by atoms with Crippen LogP contribution in [0.2, 0.25) is 0 Å². The Bertz CT molecular complexity index is 1040. The molecule has 0 amide bonds. The van der Waals surface area contributed by atoms with Crippen molar-refractivity contribution in [1.82, 2.24) is 9.47 Å². The molecule has 3 aromatic rings. The molecule has 2 heterocycles. The first-order chi connectivity index (χ1) is 12.9. The van der Waals surface area contributed by atoms with Crippen molar-refractivity contribution in [2.75, 3.05) is 38.1 Å². The van der Waals surface area contributed by atoms with Crippen LogP contribution in [0.4, 0.5) is 5.69 Å². The van der Waals surface area contributed by atoms with Crippen LogP contribution in [0.25, 0.3) is 22.0 Å². The van der Waals surface area contributed by atoms with Gasteiger partial charge in [0.15, 0.2) is 5.43 Å². The van der Waals surface area contributed by atoms with Gasteiger partial charge in [0.25, 0.3) is 0 Å². The average molecular weight is 361 g/mol. The van der Waals surface area contributed by atoms with Gasteiger partial charge in [0.1, 0.15) is 0 Å². The van der Waals surface area contributed by atoms with Gasteiger partial charge in [-0.05, 0) is 44.2 Å². The molecule has 0 N–H and O–H groups in total. The van der Waals surface area contributed by atoms with Gasteiger partial charge >= 0.3 is 0 Å². The van der Waals surface area contributed by atoms with E-state index in [2.05, 4.69) is 59.5 Å². The Hall–Kier alpha value is -2.59. The predicted octanol–water partition coefficient (Wildman–Crippen LogP) is 3.57. The van der Waals surface area contributed by atoms with Crippen molar-refractivity contribution >= 4 is 16.6 Å². The highest BCUT2D eigenvalue weighted by Crippen LogP contribution is 2.29. The van der Waals surface area contributed by atoms with Crippen LogP contribution in [0.3, 0.4) is 0 Å². The van der Waals surface area contributed by atoms with Crippen molar-refractivity contribution < 1.29 is 0 Å². The summed E-state index contributed by atoms with van der Waals surface area (Å²) in [6, 6.07) is 12.5. The Morgan fingerprint density at radius 2 is 1.52 bits per heavy atom. The highest BCUT2D eigenvalue weighted by molar-refractivity contribution is 5.95. The van der Waals surface area contributed by atoms with Gasteiger partial charge in [-0.15, -0.1) is 0 Å². The summed E-state index contributed by atoms with van der Waals surface area (Å²) in [7, 11) is 4.19. The lowest BCUT2D eigenvalue weighted by Gasteiger charge is -2.35. The van der Waals surface area contributed by atoms with Gasteiger partial charge in [0.05, 0.1) is 16.6 Å². The summed E-state index contributed by atoms with van der Waals surface area (Å²) in [4.78, 5) is 18.3. The fraction of sp³-hybridized carbons (Fsp3) is 0.348. The number of anilines is 1. The van der Waals surface area contributed by atoms with Crippen LogP contribution in [0.15, 0.2) is 47.4 Å². The van der Waals surface area contributed by atoms with Gasteiger partial charge in [-0.2, -0.15) is 0 Å². The molecule has 1 aliphatic rings. The van der Waals surface area contributed by atoms with E-state index in [0.29, 0.717) is 0 Å². The molecule has 0 atom stereocenters. The van der Waals surface area contributed by atoms with Crippen LogP contribution < -0.4 is 10.3 Å². The number of aryl methyl sites for hydroxylation is 3. The normalized spacial score (nSPS) is 15.5. The second-order valence-corrected chi connectivity index (χ2v) is 7.82. The Morgan fingerprint density at radius 3 is 2.19 bits per heavy atom. The fourth-order valence-corrected chi connectivity index (χ4v) is 3.95. The second kappa shape index (κ2) is 6.86. The SMILES string of the molecule is Cc1ccc(-c2cn(C)c3cc(C)cc(N4CCN(C)CC4)c3c2=O)cc1. The fourth-order valence-electron chi connectivity index (χ4n) is 3.95. The number of nitrogens with zero attached hydrogens (tertiary/aromatic N) is 3. The third-order valence-corrected chi connectivity index (χ3v) is 5.62. The summed E-state index contributed by atoms with van der Waals surface area (Å²) < 4.78 is 2.10. The topological polar surface area (TPSA) is 28.5 Å². The molecule has 0 radical (unpaired) electrons. The lowest BCUT2D eigenvalue weighted by atomic mass is 10.0. The average Bonchev–Trinajstić information content (AvgIpc) is 2.65.